The van der Waals surface area contributed by atoms with Crippen LogP contribution in [0.2, 0.25) is 0 Å². The fourth-order valence-electron chi connectivity index (χ4n) is 1.65. The molecule has 0 aromatic carbocycles. The van der Waals surface area contributed by atoms with Gasteiger partial charge < -0.3 is 16.2 Å². The summed E-state index contributed by atoms with van der Waals surface area (Å²) in [5, 5.41) is 12.3. The monoisotopic (exact) mass is 201 g/mol. The van der Waals surface area contributed by atoms with Crippen LogP contribution in [0, 0.1) is 0 Å². The van der Waals surface area contributed by atoms with Crippen molar-refractivity contribution in [1.82, 2.24) is 10.2 Å². The van der Waals surface area contributed by atoms with Gasteiger partial charge in [0.1, 0.15) is 6.04 Å². The first-order valence-electron chi connectivity index (χ1n) is 5.03. The highest BCUT2D eigenvalue weighted by molar-refractivity contribution is 5.80. The zero-order valence-electron chi connectivity index (χ0n) is 8.57. The molecule has 0 aromatic heterocycles. The Labute approximate surface area is 84.3 Å². The topological polar surface area (TPSA) is 78.6 Å². The van der Waals surface area contributed by atoms with Crippen molar-refractivity contribution in [3.63, 3.8) is 0 Å². The van der Waals surface area contributed by atoms with Crippen LogP contribution >= 0.6 is 0 Å². The molecule has 14 heavy (non-hydrogen) atoms. The normalized spacial score (nSPS) is 26.0. The average Bonchev–Trinajstić information content (AvgIpc) is 2.15. The molecule has 1 amide bonds. The molecule has 0 radical (unpaired) electrons. The second kappa shape index (κ2) is 5.29. The molecule has 2 atom stereocenters. The molecular formula is C9H19N3O2. The Morgan fingerprint density at radius 3 is 3.07 bits per heavy atom. The van der Waals surface area contributed by atoms with Gasteiger partial charge in [-0.2, -0.15) is 0 Å². The summed E-state index contributed by atoms with van der Waals surface area (Å²) in [7, 11) is 0. The van der Waals surface area contributed by atoms with Gasteiger partial charge in [-0.05, 0) is 13.3 Å². The molecule has 0 aromatic rings. The number of carbonyl (C=O) groups excluding carboxylic acids is 1. The number of primary amides is 1. The van der Waals surface area contributed by atoms with Gasteiger partial charge in [0, 0.05) is 26.2 Å². The van der Waals surface area contributed by atoms with Crippen molar-refractivity contribution in [3.8, 4) is 0 Å². The molecule has 5 nitrogen and oxygen atoms in total. The van der Waals surface area contributed by atoms with Gasteiger partial charge in [0.05, 0.1) is 6.10 Å². The van der Waals surface area contributed by atoms with E-state index in [4.69, 9.17) is 10.8 Å². The van der Waals surface area contributed by atoms with Crippen molar-refractivity contribution in [1.29, 1.82) is 0 Å². The molecule has 1 rings (SSSR count). The van der Waals surface area contributed by atoms with E-state index in [2.05, 4.69) is 5.32 Å². The van der Waals surface area contributed by atoms with Gasteiger partial charge >= 0.3 is 0 Å². The van der Waals surface area contributed by atoms with Crippen LogP contribution in [0.5, 0.6) is 0 Å². The molecule has 2 unspecified atom stereocenters. The van der Waals surface area contributed by atoms with Crippen molar-refractivity contribution in [2.24, 2.45) is 5.73 Å². The van der Waals surface area contributed by atoms with Crippen LogP contribution in [-0.4, -0.2) is 54.2 Å². The summed E-state index contributed by atoms with van der Waals surface area (Å²) in [6.45, 7) is 4.80. The van der Waals surface area contributed by atoms with Crippen molar-refractivity contribution >= 4 is 5.91 Å². The van der Waals surface area contributed by atoms with E-state index in [9.17, 15) is 4.79 Å². The van der Waals surface area contributed by atoms with Crippen LogP contribution in [0.15, 0.2) is 0 Å². The maximum Gasteiger partial charge on any atom is 0.236 e. The van der Waals surface area contributed by atoms with E-state index in [1.807, 2.05) is 4.90 Å². The average molecular weight is 201 g/mol. The third-order valence-corrected chi connectivity index (χ3v) is 2.52. The molecule has 1 heterocycles. The number of aliphatic hydroxyl groups excluding tert-OH is 1. The number of carbonyl (C=O) groups is 1. The van der Waals surface area contributed by atoms with Gasteiger partial charge in [0.2, 0.25) is 5.91 Å². The van der Waals surface area contributed by atoms with Crippen LogP contribution in [0.3, 0.4) is 0 Å². The Morgan fingerprint density at radius 1 is 1.79 bits per heavy atom. The molecule has 0 saturated carbocycles. The van der Waals surface area contributed by atoms with Crippen molar-refractivity contribution < 1.29 is 9.90 Å². The Balaban J connectivity index is 2.42. The number of aliphatic hydroxyl groups is 1. The predicted molar refractivity (Wildman–Crippen MR) is 53.7 cm³/mol. The second-order valence-corrected chi connectivity index (χ2v) is 3.80. The Hall–Kier alpha value is -0.650. The number of amides is 1. The summed E-state index contributed by atoms with van der Waals surface area (Å²) in [6.07, 6.45) is 0.363. The molecule has 0 spiro atoms. The fourth-order valence-corrected chi connectivity index (χ4v) is 1.65. The van der Waals surface area contributed by atoms with Gasteiger partial charge in [-0.3, -0.25) is 9.69 Å². The lowest BCUT2D eigenvalue weighted by atomic mass is 10.1. The smallest absolute Gasteiger partial charge is 0.236 e. The Bertz CT molecular complexity index is 196. The molecule has 4 N–H and O–H groups in total. The van der Waals surface area contributed by atoms with E-state index in [0.29, 0.717) is 13.0 Å². The largest absolute Gasteiger partial charge is 0.393 e. The predicted octanol–water partition coefficient (Wildman–Crippen LogP) is -1.48. The summed E-state index contributed by atoms with van der Waals surface area (Å²) >= 11 is 0. The maximum absolute atomic E-state index is 11.1. The lowest BCUT2D eigenvalue weighted by Gasteiger charge is -2.34. The number of hydrogen-bond acceptors (Lipinski definition) is 4. The van der Waals surface area contributed by atoms with E-state index in [1.165, 1.54) is 0 Å². The maximum atomic E-state index is 11.1. The number of hydrogen-bond donors (Lipinski definition) is 3. The van der Waals surface area contributed by atoms with Crippen LogP contribution in [-0.2, 0) is 4.79 Å². The van der Waals surface area contributed by atoms with Gasteiger partial charge in [-0.25, -0.2) is 0 Å². The lowest BCUT2D eigenvalue weighted by molar-refractivity contribution is -0.124. The quantitative estimate of drug-likeness (QED) is 0.518. The van der Waals surface area contributed by atoms with E-state index in [0.717, 1.165) is 19.6 Å². The molecule has 82 valence electrons. The first kappa shape index (κ1) is 11.4. The zero-order valence-corrected chi connectivity index (χ0v) is 8.57. The number of piperazine rings is 1. The molecule has 5 heteroatoms. The van der Waals surface area contributed by atoms with Crippen LogP contribution < -0.4 is 11.1 Å². The SMILES string of the molecule is CC(O)CCN1CCNCC1C(N)=O. The minimum absolute atomic E-state index is 0.220. The molecule has 1 fully saturated rings. The van der Waals surface area contributed by atoms with Gasteiger partial charge in [0.25, 0.3) is 0 Å². The lowest BCUT2D eigenvalue weighted by Crippen LogP contribution is -2.57. The van der Waals surface area contributed by atoms with Crippen molar-refractivity contribution in [2.75, 3.05) is 26.2 Å². The summed E-state index contributed by atoms with van der Waals surface area (Å²) in [4.78, 5) is 13.1. The minimum Gasteiger partial charge on any atom is -0.393 e. The Kier molecular flexibility index (Phi) is 4.31. The molecule has 0 aliphatic carbocycles. The molecular weight excluding hydrogens is 182 g/mol. The van der Waals surface area contributed by atoms with Gasteiger partial charge in [-0.1, -0.05) is 0 Å². The summed E-state index contributed by atoms with van der Waals surface area (Å²) < 4.78 is 0. The number of nitrogens with one attached hydrogen (secondary N) is 1. The third kappa shape index (κ3) is 3.25. The number of rotatable bonds is 4. The number of nitrogens with zero attached hydrogens (tertiary/aromatic N) is 1. The standard InChI is InChI=1S/C9H19N3O2/c1-7(13)2-4-12-5-3-11-6-8(12)9(10)14/h7-8,11,13H,2-6H2,1H3,(H2,10,14). The van der Waals surface area contributed by atoms with Crippen LogP contribution in [0.4, 0.5) is 0 Å². The van der Waals surface area contributed by atoms with E-state index in [1.54, 1.807) is 6.92 Å². The first-order valence-corrected chi connectivity index (χ1v) is 5.03. The fraction of sp³-hybridized carbons (Fsp3) is 0.889. The van der Waals surface area contributed by atoms with Gasteiger partial charge in [0.15, 0.2) is 0 Å². The van der Waals surface area contributed by atoms with Crippen LogP contribution in [0.1, 0.15) is 13.3 Å². The van der Waals surface area contributed by atoms with E-state index in [-0.39, 0.29) is 18.1 Å². The molecule has 0 bridgehead atoms. The van der Waals surface area contributed by atoms with E-state index >= 15 is 0 Å². The summed E-state index contributed by atoms with van der Waals surface area (Å²) in [5.74, 6) is -0.289. The van der Waals surface area contributed by atoms with Crippen LogP contribution in [0.25, 0.3) is 0 Å². The van der Waals surface area contributed by atoms with Gasteiger partial charge in [-0.15, -0.1) is 0 Å². The highest BCUT2D eigenvalue weighted by atomic mass is 16.3. The summed E-state index contributed by atoms with van der Waals surface area (Å²) in [5.41, 5.74) is 5.28. The highest BCUT2D eigenvalue weighted by Crippen LogP contribution is 2.04. The molecule has 1 aliphatic rings. The molecule has 1 saturated heterocycles. The highest BCUT2D eigenvalue weighted by Gasteiger charge is 2.26. The zero-order chi connectivity index (χ0) is 10.6. The van der Waals surface area contributed by atoms with Crippen molar-refractivity contribution in [3.05, 3.63) is 0 Å². The third-order valence-electron chi connectivity index (χ3n) is 2.52. The minimum atomic E-state index is -0.321. The van der Waals surface area contributed by atoms with E-state index < -0.39 is 0 Å². The first-order chi connectivity index (χ1) is 6.61. The molecule has 1 aliphatic heterocycles. The Morgan fingerprint density at radius 2 is 2.50 bits per heavy atom. The summed E-state index contributed by atoms with van der Waals surface area (Å²) in [6, 6.07) is -0.220. The van der Waals surface area contributed by atoms with Crippen molar-refractivity contribution in [2.45, 2.75) is 25.5 Å². The second-order valence-electron chi connectivity index (χ2n) is 3.80. The number of nitrogens with two attached hydrogens (primary N) is 1.